The maximum Gasteiger partial charge on any atom is 0.254 e. The molecule has 1 heterocycles. The van der Waals surface area contributed by atoms with Crippen molar-refractivity contribution in [2.24, 2.45) is 0 Å². The summed E-state index contributed by atoms with van der Waals surface area (Å²) < 4.78 is 0. The summed E-state index contributed by atoms with van der Waals surface area (Å²) in [5, 5.41) is 28.7. The summed E-state index contributed by atoms with van der Waals surface area (Å²) in [6, 6.07) is 3.74. The van der Waals surface area contributed by atoms with Crippen molar-refractivity contribution in [3.05, 3.63) is 23.8 Å². The number of phenols is 2. The molecule has 2 atom stereocenters. The Labute approximate surface area is 117 Å². The Morgan fingerprint density at radius 3 is 2.45 bits per heavy atom. The number of aliphatic hydroxyl groups is 1. The molecule has 3 N–H and O–H groups in total. The van der Waals surface area contributed by atoms with Crippen molar-refractivity contribution >= 4 is 5.91 Å². The van der Waals surface area contributed by atoms with E-state index in [-0.39, 0.29) is 35.6 Å². The highest BCUT2D eigenvalue weighted by Crippen LogP contribution is 2.25. The molecule has 0 saturated carbocycles. The average molecular weight is 280 g/mol. The van der Waals surface area contributed by atoms with Gasteiger partial charge in [-0.1, -0.05) is 0 Å². The van der Waals surface area contributed by atoms with Crippen LogP contribution in [-0.4, -0.2) is 70.4 Å². The molecule has 1 aromatic rings. The van der Waals surface area contributed by atoms with Crippen LogP contribution >= 0.6 is 0 Å². The molecule has 0 aliphatic carbocycles. The van der Waals surface area contributed by atoms with Crippen LogP contribution in [0.3, 0.4) is 0 Å². The molecule has 1 fully saturated rings. The Balaban J connectivity index is 2.22. The minimum atomic E-state index is -0.533. The van der Waals surface area contributed by atoms with Crippen molar-refractivity contribution in [2.45, 2.75) is 18.6 Å². The number of aromatic hydroxyl groups is 2. The third-order valence-corrected chi connectivity index (χ3v) is 3.38. The highest BCUT2D eigenvalue weighted by molar-refractivity contribution is 5.95. The van der Waals surface area contributed by atoms with Gasteiger partial charge >= 0.3 is 0 Å². The van der Waals surface area contributed by atoms with Crippen LogP contribution in [0.25, 0.3) is 0 Å². The van der Waals surface area contributed by atoms with E-state index in [9.17, 15) is 20.1 Å². The van der Waals surface area contributed by atoms with Crippen LogP contribution in [-0.2, 0) is 0 Å². The zero-order valence-corrected chi connectivity index (χ0v) is 11.7. The summed E-state index contributed by atoms with van der Waals surface area (Å²) in [4.78, 5) is 16.0. The molecule has 1 saturated heterocycles. The first-order chi connectivity index (χ1) is 9.36. The number of carbonyl (C=O) groups excluding carboxylic acids is 1. The SMILES string of the molecule is CN(C)CC1CC(O)CN1C(=O)c1cc(O)cc(O)c1. The summed E-state index contributed by atoms with van der Waals surface area (Å²) in [7, 11) is 3.82. The number of phenolic OH excluding ortho intramolecular Hbond substituents is 2. The number of aliphatic hydroxyl groups excluding tert-OH is 1. The molecule has 2 unspecified atom stereocenters. The van der Waals surface area contributed by atoms with Gasteiger partial charge in [0, 0.05) is 30.8 Å². The number of amides is 1. The zero-order chi connectivity index (χ0) is 14.9. The first-order valence-electron chi connectivity index (χ1n) is 6.53. The van der Waals surface area contributed by atoms with E-state index in [1.807, 2.05) is 19.0 Å². The molecule has 2 rings (SSSR count). The summed E-state index contributed by atoms with van der Waals surface area (Å²) in [6.45, 7) is 0.932. The molecule has 1 aliphatic heterocycles. The molecule has 0 radical (unpaired) electrons. The van der Waals surface area contributed by atoms with Gasteiger partial charge < -0.3 is 25.1 Å². The van der Waals surface area contributed by atoms with Crippen molar-refractivity contribution in [3.8, 4) is 11.5 Å². The van der Waals surface area contributed by atoms with Crippen molar-refractivity contribution in [3.63, 3.8) is 0 Å². The lowest BCUT2D eigenvalue weighted by Crippen LogP contribution is -2.41. The van der Waals surface area contributed by atoms with E-state index in [0.717, 1.165) is 0 Å². The maximum atomic E-state index is 12.5. The average Bonchev–Trinajstić information content (AvgIpc) is 2.67. The normalized spacial score (nSPS) is 22.5. The lowest BCUT2D eigenvalue weighted by molar-refractivity contribution is 0.0698. The fourth-order valence-corrected chi connectivity index (χ4v) is 2.62. The Bertz CT molecular complexity index is 484. The van der Waals surface area contributed by atoms with E-state index in [1.165, 1.54) is 18.2 Å². The van der Waals surface area contributed by atoms with Gasteiger partial charge in [0.1, 0.15) is 11.5 Å². The van der Waals surface area contributed by atoms with Gasteiger partial charge in [0.2, 0.25) is 0 Å². The van der Waals surface area contributed by atoms with Crippen LogP contribution in [0.5, 0.6) is 11.5 Å². The standard InChI is InChI=1S/C14H20N2O4/c1-15(2)7-10-5-13(19)8-16(10)14(20)9-3-11(17)6-12(18)4-9/h3-4,6,10,13,17-19H,5,7-8H2,1-2H3. The van der Waals surface area contributed by atoms with E-state index in [4.69, 9.17) is 0 Å². The molecule has 20 heavy (non-hydrogen) atoms. The van der Waals surface area contributed by atoms with E-state index >= 15 is 0 Å². The van der Waals surface area contributed by atoms with E-state index in [0.29, 0.717) is 13.0 Å². The predicted octanol–water partition coefficient (Wildman–Crippen LogP) is 0.235. The van der Waals surface area contributed by atoms with Crippen LogP contribution < -0.4 is 0 Å². The number of nitrogens with zero attached hydrogens (tertiary/aromatic N) is 2. The van der Waals surface area contributed by atoms with Gasteiger partial charge in [0.25, 0.3) is 5.91 Å². The molecule has 1 aromatic carbocycles. The number of hydrogen-bond donors (Lipinski definition) is 3. The van der Waals surface area contributed by atoms with Crippen molar-refractivity contribution < 1.29 is 20.1 Å². The quantitative estimate of drug-likeness (QED) is 0.738. The van der Waals surface area contributed by atoms with Gasteiger partial charge in [-0.15, -0.1) is 0 Å². The maximum absolute atomic E-state index is 12.5. The lowest BCUT2D eigenvalue weighted by Gasteiger charge is -2.27. The van der Waals surface area contributed by atoms with Crippen LogP contribution in [0.1, 0.15) is 16.8 Å². The molecule has 6 heteroatoms. The Morgan fingerprint density at radius 2 is 1.90 bits per heavy atom. The summed E-state index contributed by atoms with van der Waals surface area (Å²) in [5.74, 6) is -0.603. The van der Waals surface area contributed by atoms with Crippen molar-refractivity contribution in [1.29, 1.82) is 0 Å². The monoisotopic (exact) mass is 280 g/mol. The van der Waals surface area contributed by atoms with E-state index < -0.39 is 6.10 Å². The minimum absolute atomic E-state index is 0.0722. The molecule has 0 spiro atoms. The van der Waals surface area contributed by atoms with Crippen molar-refractivity contribution in [1.82, 2.24) is 9.80 Å². The smallest absolute Gasteiger partial charge is 0.254 e. The van der Waals surface area contributed by atoms with Gasteiger partial charge in [-0.05, 0) is 32.6 Å². The Kier molecular flexibility index (Phi) is 4.15. The Morgan fingerprint density at radius 1 is 1.30 bits per heavy atom. The molecular formula is C14H20N2O4. The number of likely N-dealkylation sites (N-methyl/N-ethyl adjacent to an activating group) is 1. The largest absolute Gasteiger partial charge is 0.508 e. The highest BCUT2D eigenvalue weighted by atomic mass is 16.3. The van der Waals surface area contributed by atoms with Gasteiger partial charge in [0.05, 0.1) is 6.10 Å². The third-order valence-electron chi connectivity index (χ3n) is 3.38. The van der Waals surface area contributed by atoms with Gasteiger partial charge in [-0.2, -0.15) is 0 Å². The molecule has 0 aromatic heterocycles. The zero-order valence-electron chi connectivity index (χ0n) is 11.7. The second-order valence-electron chi connectivity index (χ2n) is 5.50. The number of likely N-dealkylation sites (tertiary alicyclic amines) is 1. The topological polar surface area (TPSA) is 84.2 Å². The molecule has 1 aliphatic rings. The predicted molar refractivity (Wildman–Crippen MR) is 73.8 cm³/mol. The molecule has 1 amide bonds. The van der Waals surface area contributed by atoms with Crippen LogP contribution in [0, 0.1) is 0 Å². The fraction of sp³-hybridized carbons (Fsp3) is 0.500. The van der Waals surface area contributed by atoms with Gasteiger partial charge in [-0.3, -0.25) is 4.79 Å². The third kappa shape index (κ3) is 3.20. The first kappa shape index (κ1) is 14.6. The first-order valence-corrected chi connectivity index (χ1v) is 6.53. The lowest BCUT2D eigenvalue weighted by atomic mass is 10.1. The Hall–Kier alpha value is -1.79. The number of carbonyl (C=O) groups is 1. The van der Waals surface area contributed by atoms with Gasteiger partial charge in [0.15, 0.2) is 0 Å². The fourth-order valence-electron chi connectivity index (χ4n) is 2.62. The second-order valence-corrected chi connectivity index (χ2v) is 5.50. The minimum Gasteiger partial charge on any atom is -0.508 e. The summed E-state index contributed by atoms with van der Waals surface area (Å²) in [6.07, 6.45) is 0.00384. The van der Waals surface area contributed by atoms with Crippen LogP contribution in [0.15, 0.2) is 18.2 Å². The highest BCUT2D eigenvalue weighted by Gasteiger charge is 2.35. The summed E-state index contributed by atoms with van der Waals surface area (Å²) >= 11 is 0. The van der Waals surface area contributed by atoms with E-state index in [1.54, 1.807) is 4.90 Å². The number of hydrogen-bond acceptors (Lipinski definition) is 5. The van der Waals surface area contributed by atoms with Crippen LogP contribution in [0.2, 0.25) is 0 Å². The van der Waals surface area contributed by atoms with Crippen LogP contribution in [0.4, 0.5) is 0 Å². The van der Waals surface area contributed by atoms with Gasteiger partial charge in [-0.25, -0.2) is 0 Å². The second kappa shape index (κ2) is 5.68. The molecular weight excluding hydrogens is 260 g/mol. The van der Waals surface area contributed by atoms with Crippen molar-refractivity contribution in [2.75, 3.05) is 27.2 Å². The number of β-amino-alcohol motifs (C(OH)–C–C–N with tert-alkyl or cyclic N) is 1. The van der Waals surface area contributed by atoms with E-state index in [2.05, 4.69) is 0 Å². The molecule has 6 nitrogen and oxygen atoms in total. The summed E-state index contributed by atoms with van der Waals surface area (Å²) in [5.41, 5.74) is 0.223. The number of rotatable bonds is 3. The number of benzene rings is 1. The molecule has 110 valence electrons. The molecule has 0 bridgehead atoms.